The van der Waals surface area contributed by atoms with Gasteiger partial charge in [0.1, 0.15) is 17.2 Å². The summed E-state index contributed by atoms with van der Waals surface area (Å²) >= 11 is 0. The molecule has 30 heavy (non-hydrogen) atoms. The molecule has 1 spiro atoms. The third-order valence-corrected chi connectivity index (χ3v) is 5.15. The SMILES string of the molecule is CCOC(=O)[C@@H]1CN(C(=O)OC(C)(C)C)C2(CCN(C(=O)OC(C)(C)C)CC2)CN1. The van der Waals surface area contributed by atoms with E-state index in [2.05, 4.69) is 5.32 Å². The van der Waals surface area contributed by atoms with Crippen LogP contribution in [0.2, 0.25) is 0 Å². The van der Waals surface area contributed by atoms with Crippen LogP contribution in [0.1, 0.15) is 61.3 Å². The van der Waals surface area contributed by atoms with Crippen LogP contribution in [0, 0.1) is 0 Å². The van der Waals surface area contributed by atoms with Gasteiger partial charge in [-0.05, 0) is 61.3 Å². The number of nitrogens with one attached hydrogen (secondary N) is 1. The number of amides is 2. The molecule has 2 heterocycles. The normalized spacial score (nSPS) is 21.9. The summed E-state index contributed by atoms with van der Waals surface area (Å²) in [5.74, 6) is -0.382. The number of likely N-dealkylation sites (tertiary alicyclic amines) is 1. The zero-order valence-corrected chi connectivity index (χ0v) is 19.4. The number of hydrogen-bond acceptors (Lipinski definition) is 7. The molecule has 2 rings (SSSR count). The molecule has 0 radical (unpaired) electrons. The van der Waals surface area contributed by atoms with Gasteiger partial charge in [-0.15, -0.1) is 0 Å². The van der Waals surface area contributed by atoms with Crippen LogP contribution >= 0.6 is 0 Å². The van der Waals surface area contributed by atoms with E-state index in [1.807, 2.05) is 41.5 Å². The predicted molar refractivity (Wildman–Crippen MR) is 111 cm³/mol. The average Bonchev–Trinajstić information content (AvgIpc) is 2.59. The highest BCUT2D eigenvalue weighted by Gasteiger charge is 2.49. The quantitative estimate of drug-likeness (QED) is 0.534. The molecule has 2 aliphatic rings. The number of ether oxygens (including phenoxy) is 3. The zero-order chi connectivity index (χ0) is 22.7. The van der Waals surface area contributed by atoms with Gasteiger partial charge in [0.15, 0.2) is 0 Å². The van der Waals surface area contributed by atoms with Crippen molar-refractivity contribution in [3.05, 3.63) is 0 Å². The maximum absolute atomic E-state index is 13.0. The summed E-state index contributed by atoms with van der Waals surface area (Å²) in [6.07, 6.45) is 0.320. The van der Waals surface area contributed by atoms with E-state index in [4.69, 9.17) is 14.2 Å². The molecule has 9 nitrogen and oxygen atoms in total. The first-order chi connectivity index (χ1) is 13.8. The van der Waals surface area contributed by atoms with Gasteiger partial charge in [-0.25, -0.2) is 9.59 Å². The Hall–Kier alpha value is -2.03. The Morgan fingerprint density at radius 2 is 1.50 bits per heavy atom. The van der Waals surface area contributed by atoms with Gasteiger partial charge in [-0.1, -0.05) is 0 Å². The minimum absolute atomic E-state index is 0.167. The third kappa shape index (κ3) is 6.23. The summed E-state index contributed by atoms with van der Waals surface area (Å²) in [5, 5.41) is 3.24. The predicted octanol–water partition coefficient (Wildman–Crippen LogP) is 2.53. The van der Waals surface area contributed by atoms with E-state index in [9.17, 15) is 14.4 Å². The molecule has 172 valence electrons. The highest BCUT2D eigenvalue weighted by atomic mass is 16.6. The van der Waals surface area contributed by atoms with Crippen LogP contribution in [0.3, 0.4) is 0 Å². The van der Waals surface area contributed by atoms with Crippen molar-refractivity contribution < 1.29 is 28.6 Å². The van der Waals surface area contributed by atoms with Crippen molar-refractivity contribution in [3.63, 3.8) is 0 Å². The van der Waals surface area contributed by atoms with Gasteiger partial charge in [0.05, 0.1) is 18.7 Å². The molecular weight excluding hydrogens is 390 g/mol. The van der Waals surface area contributed by atoms with E-state index >= 15 is 0 Å². The van der Waals surface area contributed by atoms with E-state index in [0.29, 0.717) is 32.5 Å². The molecule has 1 atom stereocenters. The Morgan fingerprint density at radius 1 is 0.967 bits per heavy atom. The number of rotatable bonds is 2. The van der Waals surface area contributed by atoms with Crippen LogP contribution in [0.15, 0.2) is 0 Å². The Kier molecular flexibility index (Phi) is 7.27. The molecule has 2 aliphatic heterocycles. The van der Waals surface area contributed by atoms with Crippen LogP contribution in [-0.2, 0) is 19.0 Å². The van der Waals surface area contributed by atoms with Crippen molar-refractivity contribution in [1.82, 2.24) is 15.1 Å². The van der Waals surface area contributed by atoms with Gasteiger partial charge in [0, 0.05) is 19.6 Å². The van der Waals surface area contributed by atoms with Crippen LogP contribution in [0.4, 0.5) is 9.59 Å². The van der Waals surface area contributed by atoms with Gasteiger partial charge in [0.2, 0.25) is 0 Å². The fourth-order valence-electron chi connectivity index (χ4n) is 3.71. The summed E-state index contributed by atoms with van der Waals surface area (Å²) < 4.78 is 16.2. The average molecular weight is 428 g/mol. The van der Waals surface area contributed by atoms with Gasteiger partial charge in [-0.3, -0.25) is 9.69 Å². The van der Waals surface area contributed by atoms with E-state index in [1.165, 1.54) is 0 Å². The van der Waals surface area contributed by atoms with Crippen molar-refractivity contribution in [2.24, 2.45) is 0 Å². The maximum atomic E-state index is 13.0. The minimum atomic E-state index is -0.653. The summed E-state index contributed by atoms with van der Waals surface area (Å²) in [4.78, 5) is 41.0. The van der Waals surface area contributed by atoms with Crippen molar-refractivity contribution in [2.45, 2.75) is 84.1 Å². The number of piperazine rings is 1. The number of hydrogen-bond donors (Lipinski definition) is 1. The third-order valence-electron chi connectivity index (χ3n) is 5.15. The largest absolute Gasteiger partial charge is 0.465 e. The molecule has 0 aromatic carbocycles. The molecule has 0 saturated carbocycles. The minimum Gasteiger partial charge on any atom is -0.465 e. The van der Waals surface area contributed by atoms with Gasteiger partial charge in [-0.2, -0.15) is 0 Å². The fraction of sp³-hybridized carbons (Fsp3) is 0.857. The van der Waals surface area contributed by atoms with Gasteiger partial charge >= 0.3 is 18.2 Å². The van der Waals surface area contributed by atoms with E-state index in [0.717, 1.165) is 0 Å². The number of nitrogens with zero attached hydrogens (tertiary/aromatic N) is 2. The van der Waals surface area contributed by atoms with Crippen molar-refractivity contribution in [2.75, 3.05) is 32.8 Å². The second kappa shape index (κ2) is 8.99. The van der Waals surface area contributed by atoms with Crippen molar-refractivity contribution >= 4 is 18.2 Å². The van der Waals surface area contributed by atoms with E-state index < -0.39 is 28.9 Å². The fourth-order valence-corrected chi connectivity index (χ4v) is 3.71. The summed E-state index contributed by atoms with van der Waals surface area (Å²) in [7, 11) is 0. The Labute approximate surface area is 179 Å². The van der Waals surface area contributed by atoms with Crippen LogP contribution in [0.5, 0.6) is 0 Å². The lowest BCUT2D eigenvalue weighted by atomic mass is 9.83. The zero-order valence-electron chi connectivity index (χ0n) is 19.4. The number of carbonyl (C=O) groups excluding carboxylic acids is 3. The van der Waals surface area contributed by atoms with Crippen LogP contribution in [0.25, 0.3) is 0 Å². The molecule has 2 saturated heterocycles. The van der Waals surface area contributed by atoms with Crippen LogP contribution < -0.4 is 5.32 Å². The molecule has 2 amide bonds. The topological polar surface area (TPSA) is 97.4 Å². The number of piperidine rings is 1. The number of esters is 1. The summed E-state index contributed by atoms with van der Waals surface area (Å²) in [6.45, 7) is 14.5. The van der Waals surface area contributed by atoms with Crippen molar-refractivity contribution in [3.8, 4) is 0 Å². The van der Waals surface area contributed by atoms with E-state index in [-0.39, 0.29) is 25.2 Å². The highest BCUT2D eigenvalue weighted by molar-refractivity contribution is 5.78. The second-order valence-corrected chi connectivity index (χ2v) is 9.97. The lowest BCUT2D eigenvalue weighted by Crippen LogP contribution is -2.70. The first-order valence-corrected chi connectivity index (χ1v) is 10.6. The second-order valence-electron chi connectivity index (χ2n) is 9.97. The maximum Gasteiger partial charge on any atom is 0.410 e. The Balaban J connectivity index is 2.15. The lowest BCUT2D eigenvalue weighted by molar-refractivity contribution is -0.148. The first kappa shape index (κ1) is 24.2. The first-order valence-electron chi connectivity index (χ1n) is 10.6. The van der Waals surface area contributed by atoms with Gasteiger partial charge < -0.3 is 24.4 Å². The van der Waals surface area contributed by atoms with E-state index in [1.54, 1.807) is 16.7 Å². The smallest absolute Gasteiger partial charge is 0.410 e. The number of carbonyl (C=O) groups is 3. The molecule has 9 heteroatoms. The molecular formula is C21H37N3O6. The van der Waals surface area contributed by atoms with Crippen molar-refractivity contribution in [1.29, 1.82) is 0 Å². The molecule has 0 bridgehead atoms. The lowest BCUT2D eigenvalue weighted by Gasteiger charge is -2.52. The molecule has 0 aromatic rings. The standard InChI is InChI=1S/C21H37N3O6/c1-8-28-16(25)15-13-24(18(27)30-20(5,6)7)21(14-22-15)9-11-23(12-10-21)17(26)29-19(2,3)4/h15,22H,8-14H2,1-7H3/t15-/m0/s1. The van der Waals surface area contributed by atoms with Gasteiger partial charge in [0.25, 0.3) is 0 Å². The Bertz CT molecular complexity index is 644. The molecule has 1 N–H and O–H groups in total. The van der Waals surface area contributed by atoms with Crippen LogP contribution in [-0.4, -0.2) is 83.5 Å². The molecule has 0 unspecified atom stereocenters. The molecule has 0 aliphatic carbocycles. The monoisotopic (exact) mass is 427 g/mol. The summed E-state index contributed by atoms with van der Waals surface area (Å²) in [5.41, 5.74) is -1.75. The molecule has 2 fully saturated rings. The Morgan fingerprint density at radius 3 is 2.00 bits per heavy atom. The molecule has 0 aromatic heterocycles. The summed E-state index contributed by atoms with van der Waals surface area (Å²) in [6, 6.07) is -0.605. The highest BCUT2D eigenvalue weighted by Crippen LogP contribution is 2.33.